The number of thioether (sulfide) groups is 1. The van der Waals surface area contributed by atoms with Crippen molar-refractivity contribution in [2.24, 2.45) is 4.99 Å². The first kappa shape index (κ1) is 17.5. The number of aliphatic imine (C=N–C) groups is 1. The highest BCUT2D eigenvalue weighted by Crippen LogP contribution is 2.41. The first-order valence-corrected chi connectivity index (χ1v) is 10.9. The smallest absolute Gasteiger partial charge is 0.248 e. The van der Waals surface area contributed by atoms with Crippen LogP contribution in [0.5, 0.6) is 0 Å². The molecule has 5 nitrogen and oxygen atoms in total. The molecule has 2 aliphatic rings. The number of carbonyl (C=O) groups excluding carboxylic acids is 1. The number of carbonyl (C=O) groups is 1. The van der Waals surface area contributed by atoms with E-state index in [9.17, 15) is 13.2 Å². The first-order valence-electron chi connectivity index (χ1n) is 8.24. The summed E-state index contributed by atoms with van der Waals surface area (Å²) < 4.78 is 24.0. The Morgan fingerprint density at radius 2 is 2.00 bits per heavy atom. The number of nitrogens with zero attached hydrogens (tertiary/aromatic N) is 2. The van der Waals surface area contributed by atoms with Crippen LogP contribution in [0.2, 0.25) is 0 Å². The van der Waals surface area contributed by atoms with Crippen molar-refractivity contribution in [3.63, 3.8) is 0 Å². The molecular weight excluding hydrogens is 344 g/mol. The molecule has 7 heteroatoms. The second-order valence-corrected chi connectivity index (χ2v) is 9.76. The lowest BCUT2D eigenvalue weighted by Gasteiger charge is -2.24. The van der Waals surface area contributed by atoms with E-state index in [1.54, 1.807) is 0 Å². The van der Waals surface area contributed by atoms with Gasteiger partial charge in [-0.05, 0) is 25.5 Å². The molecule has 0 unspecified atom stereocenters. The first-order chi connectivity index (χ1) is 11.4. The molecule has 0 spiro atoms. The van der Waals surface area contributed by atoms with E-state index in [1.807, 2.05) is 43.0 Å². The molecule has 1 amide bonds. The quantitative estimate of drug-likeness (QED) is 0.820. The number of amides is 1. The van der Waals surface area contributed by atoms with E-state index in [4.69, 9.17) is 0 Å². The van der Waals surface area contributed by atoms with Crippen LogP contribution in [-0.4, -0.2) is 42.3 Å². The van der Waals surface area contributed by atoms with Gasteiger partial charge in [-0.15, -0.1) is 0 Å². The summed E-state index contributed by atoms with van der Waals surface area (Å²) in [7, 11) is -3.02. The van der Waals surface area contributed by atoms with Crippen LogP contribution in [0.25, 0.3) is 0 Å². The van der Waals surface area contributed by atoms with Crippen molar-refractivity contribution in [2.45, 2.75) is 44.4 Å². The number of sulfone groups is 1. The Hall–Kier alpha value is -1.34. The molecule has 0 N–H and O–H groups in total. The van der Waals surface area contributed by atoms with Crippen LogP contribution in [0, 0.1) is 6.92 Å². The van der Waals surface area contributed by atoms with E-state index >= 15 is 0 Å². The van der Waals surface area contributed by atoms with Gasteiger partial charge in [-0.2, -0.15) is 4.99 Å². The summed E-state index contributed by atoms with van der Waals surface area (Å²) in [6.07, 6.45) is 2.22. The summed E-state index contributed by atoms with van der Waals surface area (Å²) >= 11 is 1.43. The molecule has 0 radical (unpaired) electrons. The normalized spacial score (nSPS) is 26.8. The molecule has 2 heterocycles. The maximum Gasteiger partial charge on any atom is 0.248 e. The highest BCUT2D eigenvalue weighted by molar-refractivity contribution is 8.16. The van der Waals surface area contributed by atoms with Crippen molar-refractivity contribution in [2.75, 3.05) is 16.4 Å². The highest BCUT2D eigenvalue weighted by atomic mass is 32.2. The number of hydrogen-bond donors (Lipinski definition) is 0. The fourth-order valence-electron chi connectivity index (χ4n) is 3.06. The van der Waals surface area contributed by atoms with Gasteiger partial charge >= 0.3 is 0 Å². The number of unbranched alkanes of at least 4 members (excludes halogenated alkanes) is 1. The standard InChI is InChI=1S/C17H22N2O3S2/c1-3-4-5-16(20)18-17-19(13-8-6-12(2)7-9-13)14-10-24(21,22)11-15(14)23-17/h6-9,14-15H,3-5,10-11H2,1-2H3/t14-,15+/m0/s1. The van der Waals surface area contributed by atoms with Crippen molar-refractivity contribution < 1.29 is 13.2 Å². The minimum Gasteiger partial charge on any atom is -0.316 e. The van der Waals surface area contributed by atoms with E-state index in [0.29, 0.717) is 11.6 Å². The fraction of sp³-hybridized carbons (Fsp3) is 0.529. The topological polar surface area (TPSA) is 66.8 Å². The average Bonchev–Trinajstić information content (AvgIpc) is 2.97. The van der Waals surface area contributed by atoms with E-state index in [0.717, 1.165) is 24.1 Å². The molecule has 0 aromatic heterocycles. The van der Waals surface area contributed by atoms with Gasteiger partial charge in [0, 0.05) is 17.4 Å². The van der Waals surface area contributed by atoms with Gasteiger partial charge in [-0.3, -0.25) is 4.79 Å². The van der Waals surface area contributed by atoms with E-state index in [2.05, 4.69) is 4.99 Å². The van der Waals surface area contributed by atoms with Gasteiger partial charge in [-0.1, -0.05) is 42.8 Å². The zero-order chi connectivity index (χ0) is 17.3. The molecule has 1 aromatic rings. The minimum absolute atomic E-state index is 0.0472. The Morgan fingerprint density at radius 3 is 2.67 bits per heavy atom. The summed E-state index contributed by atoms with van der Waals surface area (Å²) in [5, 5.41) is 0.596. The Balaban J connectivity index is 1.92. The molecule has 130 valence electrons. The summed E-state index contributed by atoms with van der Waals surface area (Å²) in [4.78, 5) is 18.3. The van der Waals surface area contributed by atoms with Gasteiger partial charge in [0.1, 0.15) is 0 Å². The minimum atomic E-state index is -3.02. The van der Waals surface area contributed by atoms with Crippen LogP contribution in [0.4, 0.5) is 5.69 Å². The van der Waals surface area contributed by atoms with Crippen molar-refractivity contribution >= 4 is 38.4 Å². The molecular formula is C17H22N2O3S2. The van der Waals surface area contributed by atoms with Crippen LogP contribution in [-0.2, 0) is 14.6 Å². The average molecular weight is 367 g/mol. The monoisotopic (exact) mass is 366 g/mol. The third-order valence-corrected chi connectivity index (χ3v) is 7.55. The molecule has 0 bridgehead atoms. The van der Waals surface area contributed by atoms with Gasteiger partial charge in [0.25, 0.3) is 0 Å². The zero-order valence-corrected chi connectivity index (χ0v) is 15.6. The van der Waals surface area contributed by atoms with Crippen LogP contribution in [0.15, 0.2) is 29.3 Å². The van der Waals surface area contributed by atoms with Crippen molar-refractivity contribution in [1.29, 1.82) is 0 Å². The molecule has 0 saturated carbocycles. The molecule has 1 aromatic carbocycles. The van der Waals surface area contributed by atoms with Crippen molar-refractivity contribution in [3.05, 3.63) is 29.8 Å². The number of benzene rings is 1. The summed E-state index contributed by atoms with van der Waals surface area (Å²) in [5.41, 5.74) is 2.04. The Kier molecular flexibility index (Phi) is 5.01. The lowest BCUT2D eigenvalue weighted by molar-refractivity contribution is -0.117. The van der Waals surface area contributed by atoms with Crippen molar-refractivity contribution in [1.82, 2.24) is 0 Å². The van der Waals surface area contributed by atoms with Crippen LogP contribution >= 0.6 is 11.8 Å². The SMILES string of the molecule is CCCCC(=O)N=C1S[C@@H]2CS(=O)(=O)C[C@@H]2N1c1ccc(C)cc1. The Morgan fingerprint density at radius 1 is 1.29 bits per heavy atom. The predicted molar refractivity (Wildman–Crippen MR) is 99.4 cm³/mol. The lowest BCUT2D eigenvalue weighted by Crippen LogP contribution is -2.37. The van der Waals surface area contributed by atoms with E-state index in [-0.39, 0.29) is 28.7 Å². The van der Waals surface area contributed by atoms with Gasteiger partial charge in [-0.25, -0.2) is 8.42 Å². The number of anilines is 1. The number of aryl methyl sites for hydroxylation is 1. The maximum atomic E-state index is 12.1. The molecule has 2 atom stereocenters. The number of rotatable bonds is 4. The fourth-order valence-corrected chi connectivity index (χ4v) is 6.99. The van der Waals surface area contributed by atoms with Crippen molar-refractivity contribution in [3.8, 4) is 0 Å². The van der Waals surface area contributed by atoms with Gasteiger partial charge in [0.05, 0.1) is 17.5 Å². The maximum absolute atomic E-state index is 12.1. The largest absolute Gasteiger partial charge is 0.316 e. The van der Waals surface area contributed by atoms with Crippen LogP contribution < -0.4 is 4.90 Å². The summed E-state index contributed by atoms with van der Waals surface area (Å²) in [6, 6.07) is 7.78. The van der Waals surface area contributed by atoms with Crippen LogP contribution in [0.3, 0.4) is 0 Å². The number of amidine groups is 1. The molecule has 3 rings (SSSR count). The van der Waals surface area contributed by atoms with Crippen LogP contribution in [0.1, 0.15) is 31.7 Å². The van der Waals surface area contributed by atoms with Gasteiger partial charge in [0.15, 0.2) is 15.0 Å². The summed E-state index contributed by atoms with van der Waals surface area (Å²) in [5.74, 6) is 0.160. The third kappa shape index (κ3) is 3.67. The summed E-state index contributed by atoms with van der Waals surface area (Å²) in [6.45, 7) is 4.05. The van der Waals surface area contributed by atoms with Gasteiger partial charge in [0.2, 0.25) is 5.91 Å². The molecule has 24 heavy (non-hydrogen) atoms. The predicted octanol–water partition coefficient (Wildman–Crippen LogP) is 2.79. The lowest BCUT2D eigenvalue weighted by atomic mass is 10.1. The number of hydrogen-bond acceptors (Lipinski definition) is 4. The highest BCUT2D eigenvalue weighted by Gasteiger charge is 2.49. The van der Waals surface area contributed by atoms with Gasteiger partial charge < -0.3 is 4.90 Å². The number of fused-ring (bicyclic) bond motifs is 1. The second kappa shape index (κ2) is 6.88. The molecule has 2 saturated heterocycles. The van der Waals surface area contributed by atoms with E-state index in [1.165, 1.54) is 11.8 Å². The Labute approximate surface area is 147 Å². The molecule has 0 aliphatic carbocycles. The zero-order valence-electron chi connectivity index (χ0n) is 13.9. The third-order valence-electron chi connectivity index (χ3n) is 4.34. The Bertz CT molecular complexity index is 757. The molecule has 2 fully saturated rings. The van der Waals surface area contributed by atoms with E-state index < -0.39 is 9.84 Å². The molecule has 2 aliphatic heterocycles. The second-order valence-electron chi connectivity index (χ2n) is 6.40.